The topological polar surface area (TPSA) is 87.1 Å². The zero-order chi connectivity index (χ0) is 32.6. The van der Waals surface area contributed by atoms with Crippen molar-refractivity contribution in [3.8, 4) is 0 Å². The van der Waals surface area contributed by atoms with Crippen LogP contribution >= 0.6 is 11.8 Å². The summed E-state index contributed by atoms with van der Waals surface area (Å²) in [5, 5.41) is 23.6. The van der Waals surface area contributed by atoms with Crippen molar-refractivity contribution >= 4 is 23.3 Å². The van der Waals surface area contributed by atoms with Crippen LogP contribution in [-0.2, 0) is 26.7 Å². The molecule has 10 heteroatoms. The van der Waals surface area contributed by atoms with Crippen LogP contribution in [0.15, 0.2) is 77.2 Å². The number of aliphatic hydroxyl groups is 2. The molecule has 1 saturated heterocycles. The second kappa shape index (κ2) is 11.2. The summed E-state index contributed by atoms with van der Waals surface area (Å²) in [6, 6.07) is 14.4. The van der Waals surface area contributed by atoms with Gasteiger partial charge in [-0.3, -0.25) is 14.4 Å². The van der Waals surface area contributed by atoms with Crippen LogP contribution < -0.4 is 0 Å². The average molecular weight is 654 g/mol. The van der Waals surface area contributed by atoms with E-state index in [0.717, 1.165) is 16.0 Å². The van der Waals surface area contributed by atoms with E-state index in [4.69, 9.17) is 4.84 Å². The molecule has 2 aromatic rings. The minimum absolute atomic E-state index is 0.0586. The minimum atomic E-state index is -2.25. The summed E-state index contributed by atoms with van der Waals surface area (Å²) in [7, 11) is 0. The lowest BCUT2D eigenvalue weighted by molar-refractivity contribution is -0.269. The Morgan fingerprint density at radius 2 is 1.76 bits per heavy atom. The lowest BCUT2D eigenvalue weighted by atomic mass is 9.44. The predicted octanol–water partition coefficient (Wildman–Crippen LogP) is 5.71. The Hall–Kier alpha value is -2.76. The van der Waals surface area contributed by atoms with Crippen LogP contribution in [0.2, 0.25) is 0 Å². The number of hydrogen-bond acceptors (Lipinski definition) is 7. The highest BCUT2D eigenvalue weighted by Gasteiger charge is 2.79. The number of hydroxylamine groups is 2. The normalized spacial score (nSPS) is 39.8. The number of carbonyl (C=O) groups is 2. The van der Waals surface area contributed by atoms with Gasteiger partial charge < -0.3 is 10.2 Å². The first-order valence-electron chi connectivity index (χ1n) is 15.9. The number of carbonyl (C=O) groups excluding carboxylic acids is 2. The summed E-state index contributed by atoms with van der Waals surface area (Å²) in [6.45, 7) is 3.35. The average Bonchev–Trinajstić information content (AvgIpc) is 3.51. The molecule has 2 aromatic carbocycles. The zero-order valence-electron chi connectivity index (χ0n) is 25.8. The zero-order valence-corrected chi connectivity index (χ0v) is 26.6. The number of ketones is 2. The fourth-order valence-electron chi connectivity index (χ4n) is 9.68. The van der Waals surface area contributed by atoms with Crippen molar-refractivity contribution in [2.75, 3.05) is 13.2 Å². The summed E-state index contributed by atoms with van der Waals surface area (Å²) < 4.78 is 46.6. The Morgan fingerprint density at radius 1 is 1.07 bits per heavy atom. The molecule has 4 aliphatic carbocycles. The van der Waals surface area contributed by atoms with Gasteiger partial charge in [-0.15, -0.1) is 11.8 Å². The van der Waals surface area contributed by atoms with E-state index < -0.39 is 70.3 Å². The molecule has 1 aliphatic heterocycles. The van der Waals surface area contributed by atoms with Crippen molar-refractivity contribution in [2.45, 2.75) is 73.8 Å². The summed E-state index contributed by atoms with van der Waals surface area (Å²) in [4.78, 5) is 33.4. The van der Waals surface area contributed by atoms with E-state index in [0.29, 0.717) is 25.3 Å². The van der Waals surface area contributed by atoms with Crippen molar-refractivity contribution in [3.63, 3.8) is 0 Å². The van der Waals surface area contributed by atoms with E-state index in [1.54, 1.807) is 35.9 Å². The molecule has 0 unspecified atom stereocenters. The molecule has 0 bridgehead atoms. The third kappa shape index (κ3) is 4.47. The lowest BCUT2D eigenvalue weighted by Gasteiger charge is -2.63. The molecule has 0 amide bonds. The highest BCUT2D eigenvalue weighted by molar-refractivity contribution is 7.98. The van der Waals surface area contributed by atoms with Crippen LogP contribution in [0.4, 0.5) is 13.2 Å². The first-order valence-corrected chi connectivity index (χ1v) is 16.8. The molecule has 6 nitrogen and oxygen atoms in total. The number of allylic oxidation sites excluding steroid dienone is 4. The Kier molecular flexibility index (Phi) is 7.72. The molecule has 0 aromatic heterocycles. The number of fused-ring (bicyclic) bond motifs is 7. The van der Waals surface area contributed by atoms with E-state index in [1.165, 1.54) is 30.4 Å². The predicted molar refractivity (Wildman–Crippen MR) is 166 cm³/mol. The van der Waals surface area contributed by atoms with Gasteiger partial charge in [-0.05, 0) is 85.2 Å². The third-order valence-corrected chi connectivity index (χ3v) is 12.9. The molecule has 0 radical (unpaired) electrons. The Balaban J connectivity index is 1.12. The number of halogens is 3. The summed E-state index contributed by atoms with van der Waals surface area (Å²) in [6.07, 6.45) is 0.764. The van der Waals surface area contributed by atoms with Gasteiger partial charge in [0.05, 0.1) is 6.10 Å². The Bertz CT molecular complexity index is 1620. The molecule has 244 valence electrons. The standard InChI is InChI=1S/C36H38F3NO5S/c1-33-12-11-25(42)14-29(33)30(38)15-28-27-13-23-18-40(45-36(23,32(44)19-41)34(27,2)16-31(43)35(28,33)39)17-21-3-5-22(6-4-21)20-46-26-9-7-24(37)8-10-26/h3-12,14,23,27-28,30-31,41,43H,13,15-20H2,1-2H3/t23-,27-,28-,30-,31-,33-,34-,35-,36-/m0/s1. The van der Waals surface area contributed by atoms with Gasteiger partial charge in [0.15, 0.2) is 22.8 Å². The SMILES string of the molecule is C[C@]12C=CC(=O)C=C1[C@@H](F)C[C@H]1[C@@H]3C[C@H]4CN(Cc5ccc(CSc6ccc(F)cc6)cc5)O[C@@]4(C(=O)CO)[C@@]3(C)C[C@H](O)[C@@]12F. The molecule has 4 fully saturated rings. The summed E-state index contributed by atoms with van der Waals surface area (Å²) in [5.74, 6) is -2.29. The van der Waals surface area contributed by atoms with Crippen LogP contribution in [-0.4, -0.2) is 63.5 Å². The van der Waals surface area contributed by atoms with E-state index >= 15 is 8.78 Å². The molecule has 3 saturated carbocycles. The van der Waals surface area contributed by atoms with Crippen LogP contribution in [0.1, 0.15) is 44.2 Å². The second-order valence-electron chi connectivity index (χ2n) is 14.1. The summed E-state index contributed by atoms with van der Waals surface area (Å²) >= 11 is 1.61. The molecule has 1 heterocycles. The largest absolute Gasteiger partial charge is 0.390 e. The highest BCUT2D eigenvalue weighted by Crippen LogP contribution is 2.72. The summed E-state index contributed by atoms with van der Waals surface area (Å²) in [5.41, 5.74) is -4.22. The number of Topliss-reactive ketones (excluding diaryl/α,β-unsaturated/α-hetero) is 1. The minimum Gasteiger partial charge on any atom is -0.390 e. The van der Waals surface area contributed by atoms with Gasteiger partial charge in [-0.2, -0.15) is 5.06 Å². The second-order valence-corrected chi connectivity index (χ2v) is 15.1. The van der Waals surface area contributed by atoms with Crippen molar-refractivity contribution in [3.05, 3.63) is 89.3 Å². The molecule has 0 spiro atoms. The van der Waals surface area contributed by atoms with Gasteiger partial charge in [0.2, 0.25) is 0 Å². The van der Waals surface area contributed by atoms with Crippen molar-refractivity contribution in [1.82, 2.24) is 5.06 Å². The molecule has 7 rings (SSSR count). The number of aliphatic hydroxyl groups excluding tert-OH is 2. The molecular formula is C36H38F3NO5S. The molecular weight excluding hydrogens is 615 g/mol. The van der Waals surface area contributed by atoms with Crippen molar-refractivity contribution in [1.29, 1.82) is 0 Å². The quantitative estimate of drug-likeness (QED) is 0.371. The first-order chi connectivity index (χ1) is 21.9. The monoisotopic (exact) mass is 653 g/mol. The maximum absolute atomic E-state index is 17.6. The molecule has 9 atom stereocenters. The van der Waals surface area contributed by atoms with Gasteiger partial charge in [0, 0.05) is 46.4 Å². The van der Waals surface area contributed by atoms with Crippen LogP contribution in [0.25, 0.3) is 0 Å². The van der Waals surface area contributed by atoms with Gasteiger partial charge in [0.1, 0.15) is 18.6 Å². The van der Waals surface area contributed by atoms with Crippen molar-refractivity contribution in [2.24, 2.45) is 28.6 Å². The fourth-order valence-corrected chi connectivity index (χ4v) is 10.5. The van der Waals surface area contributed by atoms with Gasteiger partial charge >= 0.3 is 0 Å². The van der Waals surface area contributed by atoms with Gasteiger partial charge in [-0.25, -0.2) is 13.2 Å². The van der Waals surface area contributed by atoms with Gasteiger partial charge in [0.25, 0.3) is 0 Å². The van der Waals surface area contributed by atoms with Crippen LogP contribution in [0.3, 0.4) is 0 Å². The van der Waals surface area contributed by atoms with Gasteiger partial charge in [-0.1, -0.05) is 37.3 Å². The molecule has 5 aliphatic rings. The maximum atomic E-state index is 17.6. The number of hydrogen-bond donors (Lipinski definition) is 2. The Labute approximate surface area is 270 Å². The van der Waals surface area contributed by atoms with E-state index in [2.05, 4.69) is 0 Å². The lowest BCUT2D eigenvalue weighted by Crippen LogP contribution is -2.70. The number of alkyl halides is 2. The fraction of sp³-hybridized carbons (Fsp3) is 0.500. The van der Waals surface area contributed by atoms with Crippen LogP contribution in [0, 0.1) is 34.4 Å². The van der Waals surface area contributed by atoms with Crippen molar-refractivity contribution < 1.29 is 37.8 Å². The van der Waals surface area contributed by atoms with E-state index in [9.17, 15) is 24.2 Å². The number of benzene rings is 2. The number of rotatable bonds is 7. The first kappa shape index (κ1) is 31.8. The van der Waals surface area contributed by atoms with E-state index in [1.807, 2.05) is 31.2 Å². The third-order valence-electron chi connectivity index (χ3n) is 11.8. The van der Waals surface area contributed by atoms with E-state index in [-0.39, 0.29) is 24.2 Å². The smallest absolute Gasteiger partial charge is 0.192 e. The molecule has 2 N–H and O–H groups in total. The Morgan fingerprint density at radius 3 is 2.46 bits per heavy atom. The molecule has 46 heavy (non-hydrogen) atoms. The highest BCUT2D eigenvalue weighted by atomic mass is 32.2. The maximum Gasteiger partial charge on any atom is 0.192 e. The van der Waals surface area contributed by atoms with Crippen LogP contribution in [0.5, 0.6) is 0 Å². The number of nitrogens with zero attached hydrogens (tertiary/aromatic N) is 1. The number of thioether (sulfide) groups is 1.